The number of piperidine rings is 1. The van der Waals surface area contributed by atoms with E-state index in [-0.39, 0.29) is 0 Å². The van der Waals surface area contributed by atoms with E-state index < -0.39 is 0 Å². The SMILES string of the molecule is Oc1c[nH]c([C@@H]2CCCCN2)c1. The quantitative estimate of drug-likeness (QED) is 0.592. The standard InChI is InChI=1S/C9H14N2O/c12-7-5-9(11-6-7)8-3-1-2-4-10-8/h5-6,8,10-12H,1-4H2/t8-/m0/s1. The summed E-state index contributed by atoms with van der Waals surface area (Å²) in [4.78, 5) is 3.06. The Morgan fingerprint density at radius 3 is 2.92 bits per heavy atom. The fraction of sp³-hybridized carbons (Fsp3) is 0.556. The van der Waals surface area contributed by atoms with Crippen LogP contribution in [0.1, 0.15) is 31.0 Å². The summed E-state index contributed by atoms with van der Waals surface area (Å²) in [6.45, 7) is 1.09. The Morgan fingerprint density at radius 1 is 1.42 bits per heavy atom. The van der Waals surface area contributed by atoms with Crippen LogP contribution in [0.3, 0.4) is 0 Å². The molecule has 3 N–H and O–H groups in total. The Labute approximate surface area is 71.8 Å². The van der Waals surface area contributed by atoms with Gasteiger partial charge in [-0.2, -0.15) is 0 Å². The average Bonchev–Trinajstić information content (AvgIpc) is 2.54. The Kier molecular flexibility index (Phi) is 2.04. The van der Waals surface area contributed by atoms with E-state index in [9.17, 15) is 0 Å². The van der Waals surface area contributed by atoms with E-state index in [4.69, 9.17) is 5.11 Å². The summed E-state index contributed by atoms with van der Waals surface area (Å²) in [6, 6.07) is 2.21. The Bertz CT molecular complexity index is 251. The molecule has 0 bridgehead atoms. The Hall–Kier alpha value is -0.960. The first-order valence-electron chi connectivity index (χ1n) is 4.47. The first-order chi connectivity index (χ1) is 5.86. The van der Waals surface area contributed by atoms with Crippen LogP contribution in [-0.2, 0) is 0 Å². The number of hydrogen-bond donors (Lipinski definition) is 3. The molecule has 0 aromatic carbocycles. The third-order valence-electron chi connectivity index (χ3n) is 2.38. The van der Waals surface area contributed by atoms with Crippen molar-refractivity contribution < 1.29 is 5.11 Å². The van der Waals surface area contributed by atoms with Crippen molar-refractivity contribution in [3.05, 3.63) is 18.0 Å². The minimum Gasteiger partial charge on any atom is -0.506 e. The van der Waals surface area contributed by atoms with Gasteiger partial charge in [-0.25, -0.2) is 0 Å². The number of hydrogen-bond acceptors (Lipinski definition) is 2. The molecule has 0 aliphatic carbocycles. The number of H-pyrrole nitrogens is 1. The summed E-state index contributed by atoms with van der Waals surface area (Å²) in [5.41, 5.74) is 1.10. The summed E-state index contributed by atoms with van der Waals surface area (Å²) in [5.74, 6) is 0.331. The lowest BCUT2D eigenvalue weighted by Gasteiger charge is -2.22. The summed E-state index contributed by atoms with van der Waals surface area (Å²) in [7, 11) is 0. The highest BCUT2D eigenvalue weighted by Gasteiger charge is 2.15. The second kappa shape index (κ2) is 3.19. The number of rotatable bonds is 1. The van der Waals surface area contributed by atoms with Crippen molar-refractivity contribution in [1.29, 1.82) is 0 Å². The zero-order valence-corrected chi connectivity index (χ0v) is 7.01. The maximum atomic E-state index is 9.12. The fourth-order valence-electron chi connectivity index (χ4n) is 1.72. The highest BCUT2D eigenvalue weighted by Crippen LogP contribution is 2.24. The van der Waals surface area contributed by atoms with Crippen LogP contribution in [0.4, 0.5) is 0 Å². The van der Waals surface area contributed by atoms with E-state index in [0.717, 1.165) is 12.2 Å². The molecule has 0 amide bonds. The van der Waals surface area contributed by atoms with Gasteiger partial charge >= 0.3 is 0 Å². The van der Waals surface area contributed by atoms with Crippen LogP contribution in [-0.4, -0.2) is 16.6 Å². The van der Waals surface area contributed by atoms with Crippen molar-refractivity contribution in [2.45, 2.75) is 25.3 Å². The van der Waals surface area contributed by atoms with Gasteiger partial charge in [0.15, 0.2) is 0 Å². The Balaban J connectivity index is 2.08. The van der Waals surface area contributed by atoms with Gasteiger partial charge in [-0.1, -0.05) is 6.42 Å². The Morgan fingerprint density at radius 2 is 2.33 bits per heavy atom. The van der Waals surface area contributed by atoms with Crippen LogP contribution in [0.2, 0.25) is 0 Å². The van der Waals surface area contributed by atoms with Crippen LogP contribution < -0.4 is 5.32 Å². The van der Waals surface area contributed by atoms with Crippen molar-refractivity contribution in [3.63, 3.8) is 0 Å². The monoisotopic (exact) mass is 166 g/mol. The number of aromatic nitrogens is 1. The predicted octanol–water partition coefficient (Wildman–Crippen LogP) is 1.53. The van der Waals surface area contributed by atoms with Crippen LogP contribution in [0.5, 0.6) is 5.75 Å². The van der Waals surface area contributed by atoms with Gasteiger partial charge in [-0.15, -0.1) is 0 Å². The smallest absolute Gasteiger partial charge is 0.133 e. The second-order valence-corrected chi connectivity index (χ2v) is 3.32. The van der Waals surface area contributed by atoms with Gasteiger partial charge in [0.05, 0.1) is 0 Å². The number of aromatic amines is 1. The fourth-order valence-corrected chi connectivity index (χ4v) is 1.72. The van der Waals surface area contributed by atoms with Crippen molar-refractivity contribution in [2.24, 2.45) is 0 Å². The van der Waals surface area contributed by atoms with Crippen molar-refractivity contribution in [1.82, 2.24) is 10.3 Å². The summed E-state index contributed by atoms with van der Waals surface area (Å²) in [5, 5.41) is 12.5. The summed E-state index contributed by atoms with van der Waals surface area (Å²) >= 11 is 0. The first kappa shape index (κ1) is 7.68. The van der Waals surface area contributed by atoms with E-state index in [1.54, 1.807) is 12.3 Å². The molecule has 2 rings (SSSR count). The summed E-state index contributed by atoms with van der Waals surface area (Å²) in [6.07, 6.45) is 5.34. The third kappa shape index (κ3) is 1.46. The van der Waals surface area contributed by atoms with Crippen LogP contribution in [0, 0.1) is 0 Å². The molecule has 12 heavy (non-hydrogen) atoms. The molecule has 1 aliphatic rings. The minimum atomic E-state index is 0.331. The molecular formula is C9H14N2O. The average molecular weight is 166 g/mol. The molecule has 3 nitrogen and oxygen atoms in total. The topological polar surface area (TPSA) is 48.0 Å². The van der Waals surface area contributed by atoms with E-state index >= 15 is 0 Å². The van der Waals surface area contributed by atoms with Gasteiger partial charge < -0.3 is 15.4 Å². The molecular weight excluding hydrogens is 152 g/mol. The third-order valence-corrected chi connectivity index (χ3v) is 2.38. The second-order valence-electron chi connectivity index (χ2n) is 3.32. The highest BCUT2D eigenvalue weighted by atomic mass is 16.3. The molecule has 0 spiro atoms. The van der Waals surface area contributed by atoms with Gasteiger partial charge in [-0.05, 0) is 19.4 Å². The van der Waals surface area contributed by atoms with Gasteiger partial charge in [0.25, 0.3) is 0 Å². The normalized spacial score (nSPS) is 24.2. The molecule has 1 aromatic rings. The molecule has 0 radical (unpaired) electrons. The maximum absolute atomic E-state index is 9.12. The molecule has 2 heterocycles. The number of aromatic hydroxyl groups is 1. The van der Waals surface area contributed by atoms with Gasteiger partial charge in [0.2, 0.25) is 0 Å². The number of nitrogens with one attached hydrogen (secondary N) is 2. The zero-order valence-electron chi connectivity index (χ0n) is 7.01. The zero-order chi connectivity index (χ0) is 8.39. The largest absolute Gasteiger partial charge is 0.506 e. The summed E-state index contributed by atoms with van der Waals surface area (Å²) < 4.78 is 0. The molecule has 3 heteroatoms. The van der Waals surface area contributed by atoms with E-state index in [1.165, 1.54) is 19.3 Å². The molecule has 0 unspecified atom stereocenters. The molecule has 1 aromatic heterocycles. The lowest BCUT2D eigenvalue weighted by atomic mass is 10.0. The van der Waals surface area contributed by atoms with Crippen LogP contribution in [0.25, 0.3) is 0 Å². The van der Waals surface area contributed by atoms with E-state index in [0.29, 0.717) is 11.8 Å². The maximum Gasteiger partial charge on any atom is 0.133 e. The predicted molar refractivity (Wildman–Crippen MR) is 47.1 cm³/mol. The molecule has 1 saturated heterocycles. The molecule has 66 valence electrons. The van der Waals surface area contributed by atoms with Crippen molar-refractivity contribution >= 4 is 0 Å². The van der Waals surface area contributed by atoms with Gasteiger partial charge in [0.1, 0.15) is 5.75 Å². The molecule has 1 aliphatic heterocycles. The van der Waals surface area contributed by atoms with E-state index in [2.05, 4.69) is 10.3 Å². The molecule has 1 fully saturated rings. The van der Waals surface area contributed by atoms with Gasteiger partial charge in [-0.3, -0.25) is 0 Å². The van der Waals surface area contributed by atoms with E-state index in [1.807, 2.05) is 0 Å². The lowest BCUT2D eigenvalue weighted by Crippen LogP contribution is -2.26. The van der Waals surface area contributed by atoms with Crippen LogP contribution in [0.15, 0.2) is 12.3 Å². The highest BCUT2D eigenvalue weighted by molar-refractivity contribution is 5.23. The van der Waals surface area contributed by atoms with Crippen molar-refractivity contribution in [2.75, 3.05) is 6.54 Å². The van der Waals surface area contributed by atoms with Crippen molar-refractivity contribution in [3.8, 4) is 5.75 Å². The van der Waals surface area contributed by atoms with Gasteiger partial charge in [0, 0.05) is 24.0 Å². The first-order valence-corrected chi connectivity index (χ1v) is 4.47. The molecule has 1 atom stereocenters. The lowest BCUT2D eigenvalue weighted by molar-refractivity contribution is 0.406. The molecule has 0 saturated carbocycles. The van der Waals surface area contributed by atoms with Crippen LogP contribution >= 0.6 is 0 Å². The minimum absolute atomic E-state index is 0.331.